The normalized spacial score (nSPS) is 12.0. The number of benzene rings is 2. The predicted octanol–water partition coefficient (Wildman–Crippen LogP) is 4.70. The van der Waals surface area contributed by atoms with Crippen LogP contribution < -0.4 is 5.32 Å². The quantitative estimate of drug-likeness (QED) is 0.590. The largest absolute Gasteiger partial charge is 0.342 e. The Bertz CT molecular complexity index is 949. The molecule has 0 saturated carbocycles. The lowest BCUT2D eigenvalue weighted by atomic mass is 10.1. The Morgan fingerprint density at radius 2 is 1.86 bits per heavy atom. The van der Waals surface area contributed by atoms with Crippen molar-refractivity contribution in [2.24, 2.45) is 0 Å². The number of carbonyl (C=O) groups excluding carboxylic acids is 1. The molecule has 0 bridgehead atoms. The highest BCUT2D eigenvalue weighted by Crippen LogP contribution is 2.24. The second kappa shape index (κ2) is 9.06. The molecule has 1 N–H and O–H groups in total. The zero-order chi connectivity index (χ0) is 20.1. The maximum atomic E-state index is 12.6. The van der Waals surface area contributed by atoms with Gasteiger partial charge in [-0.25, -0.2) is 0 Å². The molecule has 3 rings (SSSR count). The molecule has 0 aliphatic heterocycles. The third-order valence-electron chi connectivity index (χ3n) is 4.57. The van der Waals surface area contributed by atoms with E-state index in [-0.39, 0.29) is 11.9 Å². The van der Waals surface area contributed by atoms with Gasteiger partial charge in [-0.05, 0) is 45.4 Å². The second-order valence-corrected chi connectivity index (χ2v) is 7.87. The summed E-state index contributed by atoms with van der Waals surface area (Å²) in [5.74, 6) is 1.51. The monoisotopic (exact) mass is 394 g/mol. The maximum absolute atomic E-state index is 12.6. The molecule has 0 saturated heterocycles. The summed E-state index contributed by atoms with van der Waals surface area (Å²) < 4.78 is 2.07. The smallest absolute Gasteiger partial charge is 0.251 e. The van der Waals surface area contributed by atoms with Gasteiger partial charge in [-0.15, -0.1) is 10.2 Å². The number of hydrogen-bond acceptors (Lipinski definition) is 4. The molecule has 146 valence electrons. The first-order valence-electron chi connectivity index (χ1n) is 9.47. The number of nitrogens with zero attached hydrogens (tertiary/aromatic N) is 3. The minimum absolute atomic E-state index is 0.101. The molecule has 1 heterocycles. The van der Waals surface area contributed by atoms with Crippen molar-refractivity contribution in [1.29, 1.82) is 0 Å². The summed E-state index contributed by atoms with van der Waals surface area (Å²) in [5.41, 5.74) is 4.23. The van der Waals surface area contributed by atoms with Gasteiger partial charge in [0, 0.05) is 17.9 Å². The van der Waals surface area contributed by atoms with Crippen molar-refractivity contribution in [3.05, 3.63) is 76.6 Å². The molecular formula is C22H26N4OS. The number of aryl methyl sites for hydroxylation is 2. The van der Waals surface area contributed by atoms with Gasteiger partial charge >= 0.3 is 0 Å². The van der Waals surface area contributed by atoms with Crippen molar-refractivity contribution >= 4 is 17.7 Å². The molecule has 1 atom stereocenters. The van der Waals surface area contributed by atoms with Crippen LogP contribution in [0.15, 0.2) is 53.7 Å². The van der Waals surface area contributed by atoms with Gasteiger partial charge in [-0.1, -0.05) is 59.3 Å². The van der Waals surface area contributed by atoms with Crippen LogP contribution in [0.5, 0.6) is 0 Å². The van der Waals surface area contributed by atoms with Crippen LogP contribution in [0.3, 0.4) is 0 Å². The van der Waals surface area contributed by atoms with E-state index < -0.39 is 0 Å². The lowest BCUT2D eigenvalue weighted by Crippen LogP contribution is -2.28. The minimum atomic E-state index is -0.228. The summed E-state index contributed by atoms with van der Waals surface area (Å²) in [6.45, 7) is 8.83. The Labute approximate surface area is 170 Å². The molecule has 0 radical (unpaired) electrons. The summed E-state index contributed by atoms with van der Waals surface area (Å²) >= 11 is 1.66. The molecule has 0 spiro atoms. The van der Waals surface area contributed by atoms with Crippen molar-refractivity contribution in [3.8, 4) is 0 Å². The van der Waals surface area contributed by atoms with Crippen molar-refractivity contribution in [1.82, 2.24) is 20.1 Å². The van der Waals surface area contributed by atoms with E-state index in [2.05, 4.69) is 58.2 Å². The number of carbonyl (C=O) groups is 1. The molecule has 2 aromatic carbocycles. The predicted molar refractivity (Wildman–Crippen MR) is 113 cm³/mol. The van der Waals surface area contributed by atoms with Crippen LogP contribution in [0.2, 0.25) is 0 Å². The molecule has 0 aliphatic rings. The number of thioether (sulfide) groups is 1. The van der Waals surface area contributed by atoms with E-state index in [9.17, 15) is 4.79 Å². The number of hydrogen-bond donors (Lipinski definition) is 1. The third-order valence-corrected chi connectivity index (χ3v) is 5.60. The summed E-state index contributed by atoms with van der Waals surface area (Å²) in [6, 6.07) is 15.9. The van der Waals surface area contributed by atoms with E-state index in [1.807, 2.05) is 38.1 Å². The van der Waals surface area contributed by atoms with Crippen molar-refractivity contribution in [3.63, 3.8) is 0 Å². The highest BCUT2D eigenvalue weighted by atomic mass is 32.2. The maximum Gasteiger partial charge on any atom is 0.251 e. The van der Waals surface area contributed by atoms with Gasteiger partial charge in [-0.3, -0.25) is 4.79 Å². The Hall–Kier alpha value is -2.60. The van der Waals surface area contributed by atoms with Crippen molar-refractivity contribution < 1.29 is 4.79 Å². The van der Waals surface area contributed by atoms with E-state index in [4.69, 9.17) is 0 Å². The fourth-order valence-electron chi connectivity index (χ4n) is 2.99. The highest BCUT2D eigenvalue weighted by molar-refractivity contribution is 7.98. The molecule has 1 unspecified atom stereocenters. The first-order chi connectivity index (χ1) is 13.5. The zero-order valence-corrected chi connectivity index (χ0v) is 17.6. The summed E-state index contributed by atoms with van der Waals surface area (Å²) in [6.07, 6.45) is 0. The SMILES string of the molecule is CCn1c(SCc2ccc(C)cc2)nnc1C(C)NC(=O)c1cccc(C)c1. The Morgan fingerprint density at radius 3 is 2.54 bits per heavy atom. The molecule has 6 heteroatoms. The van der Waals surface area contributed by atoms with E-state index in [1.165, 1.54) is 11.1 Å². The van der Waals surface area contributed by atoms with Crippen LogP contribution >= 0.6 is 11.8 Å². The number of nitrogens with one attached hydrogen (secondary N) is 1. The lowest BCUT2D eigenvalue weighted by molar-refractivity contribution is 0.0937. The van der Waals surface area contributed by atoms with Gasteiger partial charge in [0.05, 0.1) is 6.04 Å². The molecule has 0 aliphatic carbocycles. The van der Waals surface area contributed by atoms with Gasteiger partial charge in [0.1, 0.15) is 0 Å². The zero-order valence-electron chi connectivity index (χ0n) is 16.8. The van der Waals surface area contributed by atoms with Gasteiger partial charge in [-0.2, -0.15) is 0 Å². The third kappa shape index (κ3) is 4.81. The molecule has 28 heavy (non-hydrogen) atoms. The number of rotatable bonds is 7. The van der Waals surface area contributed by atoms with Gasteiger partial charge in [0.15, 0.2) is 11.0 Å². The fourth-order valence-corrected chi connectivity index (χ4v) is 3.95. The second-order valence-electron chi connectivity index (χ2n) is 6.92. The lowest BCUT2D eigenvalue weighted by Gasteiger charge is -2.15. The number of aromatic nitrogens is 3. The summed E-state index contributed by atoms with van der Waals surface area (Å²) in [5, 5.41) is 12.6. The van der Waals surface area contributed by atoms with E-state index in [1.54, 1.807) is 11.8 Å². The standard InChI is InChI=1S/C22H26N4OS/c1-5-26-20(17(4)23-21(27)19-8-6-7-16(3)13-19)24-25-22(26)28-14-18-11-9-15(2)10-12-18/h6-13,17H,5,14H2,1-4H3,(H,23,27). The van der Waals surface area contributed by atoms with Gasteiger partial charge in [0.25, 0.3) is 5.91 Å². The molecule has 1 aromatic heterocycles. The number of amides is 1. The fraction of sp³-hybridized carbons (Fsp3) is 0.318. The first kappa shape index (κ1) is 20.1. The molecule has 0 fully saturated rings. The minimum Gasteiger partial charge on any atom is -0.342 e. The topological polar surface area (TPSA) is 59.8 Å². The average molecular weight is 395 g/mol. The van der Waals surface area contributed by atoms with E-state index in [0.29, 0.717) is 5.56 Å². The van der Waals surface area contributed by atoms with Gasteiger partial charge in [0.2, 0.25) is 0 Å². The molecular weight excluding hydrogens is 368 g/mol. The Morgan fingerprint density at radius 1 is 1.11 bits per heavy atom. The van der Waals surface area contributed by atoms with Crippen LogP contribution in [-0.4, -0.2) is 20.7 Å². The first-order valence-corrected chi connectivity index (χ1v) is 10.5. The molecule has 5 nitrogen and oxygen atoms in total. The van der Waals surface area contributed by atoms with Crippen LogP contribution in [0.4, 0.5) is 0 Å². The van der Waals surface area contributed by atoms with Gasteiger partial charge < -0.3 is 9.88 Å². The van der Waals surface area contributed by atoms with E-state index in [0.717, 1.165) is 28.8 Å². The van der Waals surface area contributed by atoms with Crippen LogP contribution in [0.25, 0.3) is 0 Å². The summed E-state index contributed by atoms with van der Waals surface area (Å²) in [7, 11) is 0. The van der Waals surface area contributed by atoms with Crippen molar-refractivity contribution in [2.45, 2.75) is 51.2 Å². The van der Waals surface area contributed by atoms with E-state index >= 15 is 0 Å². The summed E-state index contributed by atoms with van der Waals surface area (Å²) in [4.78, 5) is 12.6. The average Bonchev–Trinajstić information content (AvgIpc) is 3.10. The van der Waals surface area contributed by atoms with Crippen LogP contribution in [0.1, 0.15) is 52.8 Å². The van der Waals surface area contributed by atoms with Crippen LogP contribution in [0, 0.1) is 13.8 Å². The molecule has 3 aromatic rings. The molecule has 1 amide bonds. The Kier molecular flexibility index (Phi) is 6.52. The van der Waals surface area contributed by atoms with Crippen LogP contribution in [-0.2, 0) is 12.3 Å². The van der Waals surface area contributed by atoms with Crippen molar-refractivity contribution in [2.75, 3.05) is 0 Å². The Balaban J connectivity index is 1.69. The highest BCUT2D eigenvalue weighted by Gasteiger charge is 2.19.